The van der Waals surface area contributed by atoms with Crippen LogP contribution in [-0.2, 0) is 14.6 Å². The molecular weight excluding hydrogens is 518 g/mol. The summed E-state index contributed by atoms with van der Waals surface area (Å²) >= 11 is 0. The number of piperidine rings is 1. The normalized spacial score (nSPS) is 22.9. The lowest BCUT2D eigenvalue weighted by atomic mass is 9.73. The van der Waals surface area contributed by atoms with Gasteiger partial charge in [-0.1, -0.05) is 0 Å². The first-order valence-electron chi connectivity index (χ1n) is 13.3. The van der Waals surface area contributed by atoms with Crippen LogP contribution in [0.5, 0.6) is 0 Å². The highest BCUT2D eigenvalue weighted by Crippen LogP contribution is 2.42. The SMILES string of the molecule is C[C@@H]1OCC2(CCN(c3cnc4c(N5CCN(CCS(C)(=O)=O)c6cc(C#N)ccc65)n[nH]c4n3)CC2)[C@@H]1N. The van der Waals surface area contributed by atoms with Crippen molar-refractivity contribution >= 4 is 44.0 Å². The Morgan fingerprint density at radius 2 is 2.03 bits per heavy atom. The van der Waals surface area contributed by atoms with Crippen LogP contribution in [0.25, 0.3) is 11.2 Å². The van der Waals surface area contributed by atoms with Gasteiger partial charge in [0.15, 0.2) is 17.0 Å². The minimum atomic E-state index is -3.12. The Morgan fingerprint density at radius 1 is 1.23 bits per heavy atom. The highest BCUT2D eigenvalue weighted by molar-refractivity contribution is 7.90. The first-order valence-corrected chi connectivity index (χ1v) is 15.3. The first-order chi connectivity index (χ1) is 18.7. The van der Waals surface area contributed by atoms with Gasteiger partial charge >= 0.3 is 0 Å². The molecule has 39 heavy (non-hydrogen) atoms. The van der Waals surface area contributed by atoms with Crippen LogP contribution in [0.4, 0.5) is 23.0 Å². The second-order valence-corrected chi connectivity index (χ2v) is 13.2. The van der Waals surface area contributed by atoms with E-state index in [0.29, 0.717) is 42.2 Å². The quantitative estimate of drug-likeness (QED) is 0.474. The predicted molar refractivity (Wildman–Crippen MR) is 149 cm³/mol. The van der Waals surface area contributed by atoms with Gasteiger partial charge < -0.3 is 25.2 Å². The summed E-state index contributed by atoms with van der Waals surface area (Å²) in [5, 5.41) is 17.1. The molecule has 206 valence electrons. The van der Waals surface area contributed by atoms with E-state index in [-0.39, 0.29) is 23.3 Å². The van der Waals surface area contributed by atoms with Crippen molar-refractivity contribution in [3.63, 3.8) is 0 Å². The minimum Gasteiger partial charge on any atom is -0.376 e. The molecular formula is C26H33N9O3S. The molecule has 0 saturated carbocycles. The smallest absolute Gasteiger partial charge is 0.183 e. The lowest BCUT2D eigenvalue weighted by Crippen LogP contribution is -2.50. The van der Waals surface area contributed by atoms with Gasteiger partial charge in [-0.05, 0) is 38.0 Å². The Morgan fingerprint density at radius 3 is 2.72 bits per heavy atom. The van der Waals surface area contributed by atoms with Gasteiger partial charge in [-0.25, -0.2) is 18.4 Å². The van der Waals surface area contributed by atoms with Gasteiger partial charge in [0.2, 0.25) is 0 Å². The van der Waals surface area contributed by atoms with Crippen LogP contribution in [0, 0.1) is 16.7 Å². The lowest BCUT2D eigenvalue weighted by Gasteiger charge is -2.41. The summed E-state index contributed by atoms with van der Waals surface area (Å²) in [6.07, 6.45) is 5.04. The molecule has 6 rings (SSSR count). The third kappa shape index (κ3) is 4.66. The second-order valence-electron chi connectivity index (χ2n) is 10.9. The number of sulfone groups is 1. The summed E-state index contributed by atoms with van der Waals surface area (Å²) in [6.45, 7) is 5.97. The fourth-order valence-corrected chi connectivity index (χ4v) is 6.59. The molecule has 13 heteroatoms. The molecule has 0 bridgehead atoms. The van der Waals surface area contributed by atoms with E-state index in [1.165, 1.54) is 6.26 Å². The molecule has 2 atom stereocenters. The molecule has 3 N–H and O–H groups in total. The molecule has 2 fully saturated rings. The van der Waals surface area contributed by atoms with Crippen LogP contribution >= 0.6 is 0 Å². The van der Waals surface area contributed by atoms with Gasteiger partial charge in [0.05, 0.1) is 47.7 Å². The van der Waals surface area contributed by atoms with E-state index in [0.717, 1.165) is 49.7 Å². The lowest BCUT2D eigenvalue weighted by molar-refractivity contribution is 0.0974. The van der Waals surface area contributed by atoms with E-state index in [4.69, 9.17) is 20.4 Å². The summed E-state index contributed by atoms with van der Waals surface area (Å²) in [5.74, 6) is 1.49. The van der Waals surface area contributed by atoms with E-state index in [1.807, 2.05) is 15.9 Å². The van der Waals surface area contributed by atoms with Gasteiger partial charge in [0.25, 0.3) is 0 Å². The zero-order valence-corrected chi connectivity index (χ0v) is 23.0. The number of aromatic nitrogens is 4. The van der Waals surface area contributed by atoms with Crippen molar-refractivity contribution in [2.24, 2.45) is 11.1 Å². The Balaban J connectivity index is 1.25. The van der Waals surface area contributed by atoms with Crippen molar-refractivity contribution in [3.05, 3.63) is 30.0 Å². The Kier molecular flexibility index (Phi) is 6.36. The standard InChI is InChI=1S/C26H33N9O3S/c1-17-23(28)26(16-38-17)5-7-34(8-6-26)21-15-29-22-24(30-21)31-32-25(22)35-10-9-33(11-12-39(2,36)37)20-13-18(14-27)3-4-19(20)35/h3-4,13,15,17,23H,5-12,16,28H2,1-2H3,(H,30,31,32)/t17-,23+/m0/s1. The number of fused-ring (bicyclic) bond motifs is 2. The Labute approximate surface area is 227 Å². The summed E-state index contributed by atoms with van der Waals surface area (Å²) < 4.78 is 29.5. The Bertz CT molecular complexity index is 1540. The van der Waals surface area contributed by atoms with Crippen LogP contribution in [0.3, 0.4) is 0 Å². The molecule has 3 aliphatic rings. The number of aromatic amines is 1. The largest absolute Gasteiger partial charge is 0.376 e. The van der Waals surface area contributed by atoms with Gasteiger partial charge in [0.1, 0.15) is 15.7 Å². The number of benzene rings is 1. The summed E-state index contributed by atoms with van der Waals surface area (Å²) in [4.78, 5) is 15.9. The third-order valence-electron chi connectivity index (χ3n) is 8.49. The number of anilines is 4. The van der Waals surface area contributed by atoms with Crippen LogP contribution in [0.1, 0.15) is 25.3 Å². The number of ether oxygens (including phenoxy) is 1. The maximum absolute atomic E-state index is 11.8. The van der Waals surface area contributed by atoms with Crippen molar-refractivity contribution in [3.8, 4) is 6.07 Å². The predicted octanol–water partition coefficient (Wildman–Crippen LogP) is 1.56. The number of rotatable bonds is 5. The van der Waals surface area contributed by atoms with Gasteiger partial charge in [-0.15, -0.1) is 0 Å². The zero-order chi connectivity index (χ0) is 27.4. The van der Waals surface area contributed by atoms with Crippen LogP contribution in [0.15, 0.2) is 24.4 Å². The summed E-state index contributed by atoms with van der Waals surface area (Å²) in [5.41, 5.74) is 9.94. The zero-order valence-electron chi connectivity index (χ0n) is 22.2. The number of nitrogens with two attached hydrogens (primary N) is 1. The number of nitriles is 1. The third-order valence-corrected chi connectivity index (χ3v) is 9.41. The van der Waals surface area contributed by atoms with Crippen molar-refractivity contribution in [2.45, 2.75) is 31.9 Å². The van der Waals surface area contributed by atoms with Crippen molar-refractivity contribution in [1.82, 2.24) is 20.2 Å². The molecule has 12 nitrogen and oxygen atoms in total. The number of hydrogen-bond acceptors (Lipinski definition) is 11. The highest BCUT2D eigenvalue weighted by atomic mass is 32.2. The summed E-state index contributed by atoms with van der Waals surface area (Å²) in [7, 11) is -3.12. The molecule has 1 aromatic carbocycles. The fourth-order valence-electron chi connectivity index (χ4n) is 6.04. The minimum absolute atomic E-state index is 0.0386. The Hall–Kier alpha value is -3.47. The highest BCUT2D eigenvalue weighted by Gasteiger charge is 2.47. The maximum Gasteiger partial charge on any atom is 0.183 e. The van der Waals surface area contributed by atoms with Crippen LogP contribution in [0.2, 0.25) is 0 Å². The fraction of sp³-hybridized carbons (Fsp3) is 0.538. The van der Waals surface area contributed by atoms with Crippen molar-refractivity contribution in [2.75, 3.05) is 66.0 Å². The van der Waals surface area contributed by atoms with Crippen molar-refractivity contribution in [1.29, 1.82) is 5.26 Å². The van der Waals surface area contributed by atoms with E-state index < -0.39 is 9.84 Å². The average molecular weight is 552 g/mol. The van der Waals surface area contributed by atoms with Gasteiger partial charge in [-0.2, -0.15) is 10.4 Å². The summed E-state index contributed by atoms with van der Waals surface area (Å²) in [6, 6.07) is 7.68. The first kappa shape index (κ1) is 25.8. The van der Waals surface area contributed by atoms with Crippen molar-refractivity contribution < 1.29 is 13.2 Å². The molecule has 3 aromatic rings. The number of hydrogen-bond donors (Lipinski definition) is 2. The topological polar surface area (TPSA) is 157 Å². The van der Waals surface area contributed by atoms with Gasteiger partial charge in [-0.3, -0.25) is 5.10 Å². The van der Waals surface area contributed by atoms with Crippen LogP contribution in [-0.4, -0.2) is 92.1 Å². The molecule has 3 aliphatic heterocycles. The number of H-pyrrole nitrogens is 1. The number of nitrogens with zero attached hydrogens (tertiary/aromatic N) is 7. The molecule has 0 aliphatic carbocycles. The van der Waals surface area contributed by atoms with Crippen LogP contribution < -0.4 is 20.4 Å². The monoisotopic (exact) mass is 551 g/mol. The average Bonchev–Trinajstić information content (AvgIpc) is 3.47. The van der Waals surface area contributed by atoms with E-state index >= 15 is 0 Å². The molecule has 0 amide bonds. The van der Waals surface area contributed by atoms with E-state index in [2.05, 4.69) is 28.1 Å². The number of nitrogens with one attached hydrogen (secondary N) is 1. The van der Waals surface area contributed by atoms with Gasteiger partial charge in [0, 0.05) is 50.4 Å². The molecule has 2 aromatic heterocycles. The molecule has 1 spiro atoms. The van der Waals surface area contributed by atoms with E-state index in [9.17, 15) is 13.7 Å². The molecule has 0 radical (unpaired) electrons. The molecule has 5 heterocycles. The second kappa shape index (κ2) is 9.62. The maximum atomic E-state index is 11.8. The van der Waals surface area contributed by atoms with E-state index in [1.54, 1.807) is 18.3 Å². The molecule has 0 unspecified atom stereocenters. The molecule has 2 saturated heterocycles.